The number of hydrogen-bond donors (Lipinski definition) is 1. The predicted octanol–water partition coefficient (Wildman–Crippen LogP) is 2.15. The van der Waals surface area contributed by atoms with Gasteiger partial charge in [0.15, 0.2) is 0 Å². The largest absolute Gasteiger partial charge is 0.423 e. The Morgan fingerprint density at radius 3 is 2.53 bits per heavy atom. The number of aromatic nitrogens is 2. The average molecular weight is 207 g/mol. The minimum atomic E-state index is 0.306. The molecule has 2 heterocycles. The lowest BCUT2D eigenvalue weighted by Crippen LogP contribution is -2.26. The predicted molar refractivity (Wildman–Crippen MR) is 55.5 cm³/mol. The Morgan fingerprint density at radius 1 is 1.00 bits per heavy atom. The summed E-state index contributed by atoms with van der Waals surface area (Å²) in [4.78, 5) is 0. The summed E-state index contributed by atoms with van der Waals surface area (Å²) in [5, 5.41) is 11.7. The van der Waals surface area contributed by atoms with Crippen molar-refractivity contribution in [3.8, 4) is 0 Å². The van der Waals surface area contributed by atoms with Gasteiger partial charge < -0.3 is 9.73 Å². The van der Waals surface area contributed by atoms with Crippen molar-refractivity contribution in [1.29, 1.82) is 0 Å². The van der Waals surface area contributed by atoms with Gasteiger partial charge in [-0.2, -0.15) is 0 Å². The van der Waals surface area contributed by atoms with Gasteiger partial charge >= 0.3 is 0 Å². The second-order valence-corrected chi connectivity index (χ2v) is 4.61. The van der Waals surface area contributed by atoms with Crippen LogP contribution in [0.2, 0.25) is 0 Å². The van der Waals surface area contributed by atoms with Crippen LogP contribution in [0.25, 0.3) is 0 Å². The zero-order valence-electron chi connectivity index (χ0n) is 8.91. The topological polar surface area (TPSA) is 51.0 Å². The lowest BCUT2D eigenvalue weighted by Gasteiger charge is -2.22. The van der Waals surface area contributed by atoms with Gasteiger partial charge in [0.1, 0.15) is 0 Å². The van der Waals surface area contributed by atoms with Gasteiger partial charge in [-0.25, -0.2) is 0 Å². The van der Waals surface area contributed by atoms with Gasteiger partial charge in [-0.3, -0.25) is 0 Å². The van der Waals surface area contributed by atoms with E-state index in [1.165, 1.54) is 32.1 Å². The molecule has 15 heavy (non-hydrogen) atoms. The zero-order chi connectivity index (χ0) is 10.1. The van der Waals surface area contributed by atoms with Gasteiger partial charge in [-0.1, -0.05) is 12.8 Å². The lowest BCUT2D eigenvalue weighted by molar-refractivity contribution is 0.292. The SMILES string of the molecule is C1CC[C@H](c2nnc(C3CCC3)o2)NC1. The summed E-state index contributed by atoms with van der Waals surface area (Å²) < 4.78 is 5.74. The van der Waals surface area contributed by atoms with Crippen LogP contribution in [0, 0.1) is 0 Å². The first kappa shape index (κ1) is 9.33. The molecule has 1 aromatic rings. The van der Waals surface area contributed by atoms with Crippen LogP contribution in [-0.2, 0) is 0 Å². The third-order valence-corrected chi connectivity index (χ3v) is 3.52. The molecule has 2 aliphatic rings. The molecule has 2 fully saturated rings. The minimum absolute atomic E-state index is 0.306. The van der Waals surface area contributed by atoms with Crippen molar-refractivity contribution in [2.45, 2.75) is 50.5 Å². The van der Waals surface area contributed by atoms with Crippen LogP contribution in [0.15, 0.2) is 4.42 Å². The normalized spacial score (nSPS) is 27.6. The second kappa shape index (κ2) is 3.93. The Labute approximate surface area is 89.5 Å². The third kappa shape index (κ3) is 1.78. The molecule has 0 bridgehead atoms. The molecule has 1 aromatic heterocycles. The van der Waals surface area contributed by atoms with Crippen molar-refractivity contribution < 1.29 is 4.42 Å². The molecule has 1 saturated carbocycles. The highest BCUT2D eigenvalue weighted by Crippen LogP contribution is 2.36. The van der Waals surface area contributed by atoms with Crippen molar-refractivity contribution in [1.82, 2.24) is 15.5 Å². The Morgan fingerprint density at radius 2 is 1.87 bits per heavy atom. The Hall–Kier alpha value is -0.900. The molecule has 0 spiro atoms. The summed E-state index contributed by atoms with van der Waals surface area (Å²) in [6.07, 6.45) is 7.41. The van der Waals surface area contributed by atoms with E-state index < -0.39 is 0 Å². The monoisotopic (exact) mass is 207 g/mol. The van der Waals surface area contributed by atoms with E-state index in [1.54, 1.807) is 0 Å². The van der Waals surface area contributed by atoms with Crippen LogP contribution < -0.4 is 5.32 Å². The van der Waals surface area contributed by atoms with Crippen LogP contribution in [0.3, 0.4) is 0 Å². The van der Waals surface area contributed by atoms with Crippen molar-refractivity contribution in [3.05, 3.63) is 11.8 Å². The fraction of sp³-hybridized carbons (Fsp3) is 0.818. The van der Waals surface area contributed by atoms with Crippen LogP contribution in [-0.4, -0.2) is 16.7 Å². The fourth-order valence-corrected chi connectivity index (χ4v) is 2.27. The zero-order valence-corrected chi connectivity index (χ0v) is 8.91. The number of nitrogens with one attached hydrogen (secondary N) is 1. The number of hydrogen-bond acceptors (Lipinski definition) is 4. The highest BCUT2D eigenvalue weighted by Gasteiger charge is 2.27. The molecule has 3 rings (SSSR count). The Bertz CT molecular complexity index is 326. The molecule has 1 aliphatic carbocycles. The second-order valence-electron chi connectivity index (χ2n) is 4.61. The molecule has 0 unspecified atom stereocenters. The van der Waals surface area contributed by atoms with Crippen molar-refractivity contribution in [3.63, 3.8) is 0 Å². The van der Waals surface area contributed by atoms with E-state index in [-0.39, 0.29) is 0 Å². The molecule has 4 nitrogen and oxygen atoms in total. The van der Waals surface area contributed by atoms with Gasteiger partial charge in [0.05, 0.1) is 6.04 Å². The van der Waals surface area contributed by atoms with Crippen LogP contribution in [0.5, 0.6) is 0 Å². The van der Waals surface area contributed by atoms with Crippen molar-refractivity contribution in [2.75, 3.05) is 6.54 Å². The highest BCUT2D eigenvalue weighted by molar-refractivity contribution is 4.99. The Balaban J connectivity index is 1.71. The first-order valence-electron chi connectivity index (χ1n) is 6.00. The van der Waals surface area contributed by atoms with E-state index in [0.717, 1.165) is 24.7 Å². The van der Waals surface area contributed by atoms with Crippen molar-refractivity contribution in [2.24, 2.45) is 0 Å². The number of rotatable bonds is 2. The van der Waals surface area contributed by atoms with E-state index in [2.05, 4.69) is 15.5 Å². The molecule has 0 radical (unpaired) electrons. The maximum Gasteiger partial charge on any atom is 0.233 e. The van der Waals surface area contributed by atoms with Gasteiger partial charge in [0.2, 0.25) is 11.8 Å². The van der Waals surface area contributed by atoms with E-state index in [4.69, 9.17) is 4.42 Å². The molecule has 1 saturated heterocycles. The quantitative estimate of drug-likeness (QED) is 0.807. The number of piperidine rings is 1. The maximum atomic E-state index is 5.74. The van der Waals surface area contributed by atoms with Crippen molar-refractivity contribution >= 4 is 0 Å². The van der Waals surface area contributed by atoms with Gasteiger partial charge in [-0.15, -0.1) is 10.2 Å². The van der Waals surface area contributed by atoms with Crippen LogP contribution >= 0.6 is 0 Å². The summed E-state index contributed by atoms with van der Waals surface area (Å²) in [5.74, 6) is 2.22. The summed E-state index contributed by atoms with van der Waals surface area (Å²) >= 11 is 0. The van der Waals surface area contributed by atoms with Gasteiger partial charge in [0.25, 0.3) is 0 Å². The molecule has 4 heteroatoms. The third-order valence-electron chi connectivity index (χ3n) is 3.52. The molecular formula is C11H17N3O. The van der Waals surface area contributed by atoms with Crippen LogP contribution in [0.1, 0.15) is 62.3 Å². The summed E-state index contributed by atoms with van der Waals surface area (Å²) in [6.45, 7) is 1.08. The molecule has 1 atom stereocenters. The first-order valence-corrected chi connectivity index (χ1v) is 6.00. The molecule has 0 amide bonds. The summed E-state index contributed by atoms with van der Waals surface area (Å²) in [6, 6.07) is 0.306. The van der Waals surface area contributed by atoms with Gasteiger partial charge in [0, 0.05) is 5.92 Å². The molecule has 0 aromatic carbocycles. The Kier molecular flexibility index (Phi) is 2.44. The lowest BCUT2D eigenvalue weighted by atomic mass is 9.85. The maximum absolute atomic E-state index is 5.74. The molecule has 1 aliphatic heterocycles. The minimum Gasteiger partial charge on any atom is -0.423 e. The molecule has 82 valence electrons. The average Bonchev–Trinajstić information content (AvgIpc) is 2.66. The standard InChI is InChI=1S/C11H17N3O/c1-2-7-12-9(6-1)11-14-13-10(15-11)8-4-3-5-8/h8-9,12H,1-7H2/t9-/m1/s1. The van der Waals surface area contributed by atoms with E-state index in [9.17, 15) is 0 Å². The van der Waals surface area contributed by atoms with E-state index in [1.807, 2.05) is 0 Å². The van der Waals surface area contributed by atoms with E-state index in [0.29, 0.717) is 12.0 Å². The smallest absolute Gasteiger partial charge is 0.233 e. The molecular weight excluding hydrogens is 190 g/mol. The molecule has 1 N–H and O–H groups in total. The van der Waals surface area contributed by atoms with Gasteiger partial charge in [-0.05, 0) is 32.2 Å². The summed E-state index contributed by atoms with van der Waals surface area (Å²) in [7, 11) is 0. The van der Waals surface area contributed by atoms with Crippen LogP contribution in [0.4, 0.5) is 0 Å². The fourth-order valence-electron chi connectivity index (χ4n) is 2.27. The first-order chi connectivity index (χ1) is 7.43. The van der Waals surface area contributed by atoms with E-state index >= 15 is 0 Å². The summed E-state index contributed by atoms with van der Waals surface area (Å²) in [5.41, 5.74) is 0. The number of nitrogens with zero attached hydrogens (tertiary/aromatic N) is 2. The highest BCUT2D eigenvalue weighted by atomic mass is 16.4.